The van der Waals surface area contributed by atoms with Crippen molar-refractivity contribution in [2.45, 2.75) is 26.2 Å². The number of aromatic nitrogens is 1. The van der Waals surface area contributed by atoms with Crippen molar-refractivity contribution in [3.05, 3.63) is 36.0 Å². The molecule has 0 spiro atoms. The van der Waals surface area contributed by atoms with E-state index < -0.39 is 0 Å². The highest BCUT2D eigenvalue weighted by molar-refractivity contribution is 5.83. The minimum Gasteiger partial charge on any atom is -0.361 e. The number of H-pyrrole nitrogens is 1. The van der Waals surface area contributed by atoms with E-state index in [1.54, 1.807) is 0 Å². The predicted molar refractivity (Wildman–Crippen MR) is 77.0 cm³/mol. The fourth-order valence-corrected chi connectivity index (χ4v) is 2.76. The van der Waals surface area contributed by atoms with Crippen molar-refractivity contribution >= 4 is 16.8 Å². The zero-order chi connectivity index (χ0) is 13.2. The molecule has 3 rings (SSSR count). The van der Waals surface area contributed by atoms with Gasteiger partial charge in [0, 0.05) is 24.8 Å². The van der Waals surface area contributed by atoms with Gasteiger partial charge in [-0.15, -0.1) is 0 Å². The van der Waals surface area contributed by atoms with E-state index in [1.165, 1.54) is 5.39 Å². The van der Waals surface area contributed by atoms with Crippen LogP contribution in [0.25, 0.3) is 10.9 Å². The molecule has 1 N–H and O–H groups in total. The first-order chi connectivity index (χ1) is 9.22. The Kier molecular flexibility index (Phi) is 3.28. The number of carbonyl (C=O) groups excluding carboxylic acids is 1. The average molecular weight is 256 g/mol. The summed E-state index contributed by atoms with van der Waals surface area (Å²) in [5.41, 5.74) is 2.23. The van der Waals surface area contributed by atoms with Crippen molar-refractivity contribution in [2.24, 2.45) is 5.92 Å². The third-order valence-corrected chi connectivity index (χ3v) is 4.11. The number of benzene rings is 1. The van der Waals surface area contributed by atoms with Crippen LogP contribution >= 0.6 is 0 Å². The van der Waals surface area contributed by atoms with E-state index >= 15 is 0 Å². The molecule has 1 aromatic heterocycles. The molecule has 2 aromatic rings. The number of carbonyl (C=O) groups is 1. The number of likely N-dealkylation sites (tertiary alicyclic amines) is 1. The van der Waals surface area contributed by atoms with Crippen LogP contribution in [0.5, 0.6) is 0 Å². The molecule has 0 unspecified atom stereocenters. The molecule has 19 heavy (non-hydrogen) atoms. The number of amides is 1. The van der Waals surface area contributed by atoms with E-state index in [9.17, 15) is 4.79 Å². The Morgan fingerprint density at radius 3 is 2.89 bits per heavy atom. The number of nitrogens with one attached hydrogen (secondary N) is 1. The molecule has 0 atom stereocenters. The molecule has 1 aliphatic rings. The predicted octanol–water partition coefficient (Wildman–Crippen LogP) is 2.97. The SMILES string of the molecule is CC1CCN(C(=O)Cc2ccc3[nH]ccc3c2)CC1. The van der Waals surface area contributed by atoms with Gasteiger partial charge in [-0.05, 0) is 47.9 Å². The zero-order valence-corrected chi connectivity index (χ0v) is 11.4. The third kappa shape index (κ3) is 2.65. The minimum absolute atomic E-state index is 0.266. The molecular weight excluding hydrogens is 236 g/mol. The fraction of sp³-hybridized carbons (Fsp3) is 0.438. The van der Waals surface area contributed by atoms with Crippen molar-refractivity contribution < 1.29 is 4.79 Å². The standard InChI is InChI=1S/C16H20N2O/c1-12-5-8-18(9-6-12)16(19)11-13-2-3-15-14(10-13)4-7-17-15/h2-4,7,10,12,17H,5-6,8-9,11H2,1H3. The van der Waals surface area contributed by atoms with Crippen molar-refractivity contribution in [3.63, 3.8) is 0 Å². The van der Waals surface area contributed by atoms with E-state index in [0.717, 1.165) is 42.9 Å². The van der Waals surface area contributed by atoms with Crippen molar-refractivity contribution in [3.8, 4) is 0 Å². The Balaban J connectivity index is 1.68. The lowest BCUT2D eigenvalue weighted by Crippen LogP contribution is -2.38. The van der Waals surface area contributed by atoms with E-state index in [2.05, 4.69) is 24.0 Å². The minimum atomic E-state index is 0.266. The topological polar surface area (TPSA) is 36.1 Å². The first-order valence-corrected chi connectivity index (χ1v) is 7.06. The van der Waals surface area contributed by atoms with Gasteiger partial charge in [0.25, 0.3) is 0 Å². The van der Waals surface area contributed by atoms with Crippen LogP contribution in [0.2, 0.25) is 0 Å². The highest BCUT2D eigenvalue weighted by Gasteiger charge is 2.20. The van der Waals surface area contributed by atoms with Gasteiger partial charge in [0.05, 0.1) is 6.42 Å². The van der Waals surface area contributed by atoms with Gasteiger partial charge >= 0.3 is 0 Å². The molecule has 2 heterocycles. The van der Waals surface area contributed by atoms with Crippen LogP contribution in [0.3, 0.4) is 0 Å². The average Bonchev–Trinajstić information content (AvgIpc) is 2.87. The van der Waals surface area contributed by atoms with Gasteiger partial charge in [-0.1, -0.05) is 13.0 Å². The molecule has 1 saturated heterocycles. The van der Waals surface area contributed by atoms with E-state index in [1.807, 2.05) is 23.2 Å². The molecule has 100 valence electrons. The molecule has 1 amide bonds. The second kappa shape index (κ2) is 5.08. The maximum Gasteiger partial charge on any atom is 0.226 e. The molecule has 0 aliphatic carbocycles. The molecule has 1 aliphatic heterocycles. The number of aromatic amines is 1. The Morgan fingerprint density at radius 2 is 2.11 bits per heavy atom. The van der Waals surface area contributed by atoms with Gasteiger partial charge < -0.3 is 9.88 Å². The second-order valence-electron chi connectivity index (χ2n) is 5.64. The van der Waals surface area contributed by atoms with Crippen molar-refractivity contribution in [1.29, 1.82) is 0 Å². The Labute approximate surface area is 113 Å². The van der Waals surface area contributed by atoms with Gasteiger partial charge in [-0.25, -0.2) is 0 Å². The summed E-state index contributed by atoms with van der Waals surface area (Å²) in [6, 6.07) is 8.25. The molecule has 1 fully saturated rings. The summed E-state index contributed by atoms with van der Waals surface area (Å²) < 4.78 is 0. The smallest absolute Gasteiger partial charge is 0.226 e. The van der Waals surface area contributed by atoms with Gasteiger partial charge in [-0.3, -0.25) is 4.79 Å². The molecule has 0 saturated carbocycles. The lowest BCUT2D eigenvalue weighted by molar-refractivity contribution is -0.131. The van der Waals surface area contributed by atoms with Crippen molar-refractivity contribution in [2.75, 3.05) is 13.1 Å². The van der Waals surface area contributed by atoms with Crippen LogP contribution in [0.4, 0.5) is 0 Å². The van der Waals surface area contributed by atoms with Gasteiger partial charge in [-0.2, -0.15) is 0 Å². The van der Waals surface area contributed by atoms with Crippen LogP contribution in [0.1, 0.15) is 25.3 Å². The number of rotatable bonds is 2. The highest BCUT2D eigenvalue weighted by Crippen LogP contribution is 2.18. The lowest BCUT2D eigenvalue weighted by Gasteiger charge is -2.30. The maximum atomic E-state index is 12.3. The van der Waals surface area contributed by atoms with Gasteiger partial charge in [0.2, 0.25) is 5.91 Å². The van der Waals surface area contributed by atoms with E-state index in [4.69, 9.17) is 0 Å². The van der Waals surface area contributed by atoms with Crippen LogP contribution in [0, 0.1) is 5.92 Å². The Hall–Kier alpha value is -1.77. The number of hydrogen-bond donors (Lipinski definition) is 1. The highest BCUT2D eigenvalue weighted by atomic mass is 16.2. The second-order valence-corrected chi connectivity index (χ2v) is 5.64. The number of fused-ring (bicyclic) bond motifs is 1. The van der Waals surface area contributed by atoms with E-state index in [-0.39, 0.29) is 5.91 Å². The first kappa shape index (κ1) is 12.3. The molecule has 0 bridgehead atoms. The molecule has 3 nitrogen and oxygen atoms in total. The summed E-state index contributed by atoms with van der Waals surface area (Å²) in [5, 5.41) is 1.18. The summed E-state index contributed by atoms with van der Waals surface area (Å²) in [6.45, 7) is 4.11. The first-order valence-electron chi connectivity index (χ1n) is 7.06. The normalized spacial score (nSPS) is 17.0. The number of piperidine rings is 1. The molecule has 0 radical (unpaired) electrons. The van der Waals surface area contributed by atoms with Gasteiger partial charge in [0.15, 0.2) is 0 Å². The summed E-state index contributed by atoms with van der Waals surface area (Å²) in [4.78, 5) is 17.5. The van der Waals surface area contributed by atoms with Crippen LogP contribution in [0.15, 0.2) is 30.5 Å². The summed E-state index contributed by atoms with van der Waals surface area (Å²) in [6.07, 6.45) is 4.74. The van der Waals surface area contributed by atoms with Crippen molar-refractivity contribution in [1.82, 2.24) is 9.88 Å². The van der Waals surface area contributed by atoms with Crippen LogP contribution in [-0.4, -0.2) is 28.9 Å². The fourth-order valence-electron chi connectivity index (χ4n) is 2.76. The lowest BCUT2D eigenvalue weighted by atomic mass is 9.98. The zero-order valence-electron chi connectivity index (χ0n) is 11.4. The largest absolute Gasteiger partial charge is 0.361 e. The summed E-state index contributed by atoms with van der Waals surface area (Å²) in [7, 11) is 0. The Morgan fingerprint density at radius 1 is 1.32 bits per heavy atom. The van der Waals surface area contributed by atoms with Crippen LogP contribution in [-0.2, 0) is 11.2 Å². The quantitative estimate of drug-likeness (QED) is 0.881. The molecular formula is C16H20N2O. The van der Waals surface area contributed by atoms with Crippen LogP contribution < -0.4 is 0 Å². The van der Waals surface area contributed by atoms with E-state index in [0.29, 0.717) is 6.42 Å². The summed E-state index contributed by atoms with van der Waals surface area (Å²) in [5.74, 6) is 1.03. The maximum absolute atomic E-state index is 12.3. The molecule has 3 heteroatoms. The summed E-state index contributed by atoms with van der Waals surface area (Å²) >= 11 is 0. The number of hydrogen-bond acceptors (Lipinski definition) is 1. The molecule has 1 aromatic carbocycles. The monoisotopic (exact) mass is 256 g/mol. The Bertz CT molecular complexity index is 579. The van der Waals surface area contributed by atoms with Gasteiger partial charge in [0.1, 0.15) is 0 Å². The number of nitrogens with zero attached hydrogens (tertiary/aromatic N) is 1. The third-order valence-electron chi connectivity index (χ3n) is 4.11.